The first kappa shape index (κ1) is 21.7. The number of aliphatic carboxylic acids is 2. The van der Waals surface area contributed by atoms with Crippen molar-refractivity contribution in [1.29, 1.82) is 0 Å². The van der Waals surface area contributed by atoms with Gasteiger partial charge in [-0.15, -0.1) is 0 Å². The molecule has 3 N–H and O–H groups in total. The molecule has 0 atom stereocenters. The Hall–Kier alpha value is -3.33. The van der Waals surface area contributed by atoms with E-state index in [1.54, 1.807) is 13.3 Å². The van der Waals surface area contributed by atoms with Crippen molar-refractivity contribution < 1.29 is 34.0 Å². The Kier molecular flexibility index (Phi) is 10.4. The maximum atomic E-state index is 9.10. The highest BCUT2D eigenvalue weighted by molar-refractivity contribution is 6.27. The van der Waals surface area contributed by atoms with Crippen molar-refractivity contribution in [2.24, 2.45) is 0 Å². The number of carbonyl (C=O) groups is 2. The molecule has 0 aliphatic rings. The fourth-order valence-electron chi connectivity index (χ4n) is 1.76. The summed E-state index contributed by atoms with van der Waals surface area (Å²) in [6.07, 6.45) is 1.71. The number of rotatable bonds is 9. The summed E-state index contributed by atoms with van der Waals surface area (Å²) in [6.45, 7) is 2.63. The van der Waals surface area contributed by atoms with E-state index in [9.17, 15) is 0 Å². The van der Waals surface area contributed by atoms with Gasteiger partial charge < -0.3 is 29.7 Å². The van der Waals surface area contributed by atoms with Crippen LogP contribution in [0.15, 0.2) is 48.7 Å². The summed E-state index contributed by atoms with van der Waals surface area (Å²) in [5, 5.41) is 18.0. The number of ether oxygens (including phenoxy) is 3. The van der Waals surface area contributed by atoms with E-state index in [4.69, 9.17) is 34.0 Å². The lowest BCUT2D eigenvalue weighted by atomic mass is 10.3. The van der Waals surface area contributed by atoms with E-state index >= 15 is 0 Å². The number of nitrogens with one attached hydrogen (secondary N) is 1. The molecule has 0 spiro atoms. The Morgan fingerprint density at radius 3 is 2.07 bits per heavy atom. The van der Waals surface area contributed by atoms with E-state index in [2.05, 4.69) is 10.3 Å². The quantitative estimate of drug-likeness (QED) is 0.437. The average molecular weight is 378 g/mol. The molecular formula is C18H22N2O7. The number of aromatic nitrogens is 1. The molecule has 9 heteroatoms. The van der Waals surface area contributed by atoms with Gasteiger partial charge in [0, 0.05) is 25.4 Å². The summed E-state index contributed by atoms with van der Waals surface area (Å²) in [5.74, 6) is -1.50. The summed E-state index contributed by atoms with van der Waals surface area (Å²) in [5.41, 5.74) is 0. The zero-order valence-electron chi connectivity index (χ0n) is 14.8. The maximum Gasteiger partial charge on any atom is 0.414 e. The number of carboxylic acids is 2. The van der Waals surface area contributed by atoms with Crippen molar-refractivity contribution >= 4 is 11.9 Å². The number of hydrogen-bond donors (Lipinski definition) is 3. The molecule has 27 heavy (non-hydrogen) atoms. The van der Waals surface area contributed by atoms with Gasteiger partial charge in [0.15, 0.2) is 11.5 Å². The van der Waals surface area contributed by atoms with Gasteiger partial charge in [-0.25, -0.2) is 14.6 Å². The minimum atomic E-state index is -1.82. The molecule has 1 aromatic heterocycles. The largest absolute Gasteiger partial charge is 0.493 e. The number of hydrogen-bond acceptors (Lipinski definition) is 7. The Morgan fingerprint density at radius 1 is 0.926 bits per heavy atom. The third-order valence-electron chi connectivity index (χ3n) is 2.95. The molecule has 0 saturated heterocycles. The monoisotopic (exact) mass is 378 g/mol. The second kappa shape index (κ2) is 13.0. The molecule has 0 aliphatic carbocycles. The van der Waals surface area contributed by atoms with Crippen LogP contribution in [0.1, 0.15) is 0 Å². The van der Waals surface area contributed by atoms with Gasteiger partial charge in [-0.1, -0.05) is 18.2 Å². The normalized spacial score (nSPS) is 9.52. The molecule has 0 radical (unpaired) electrons. The fraction of sp³-hybridized carbons (Fsp3) is 0.278. The first-order chi connectivity index (χ1) is 13.0. The second-order valence-electron chi connectivity index (χ2n) is 4.88. The predicted molar refractivity (Wildman–Crippen MR) is 96.4 cm³/mol. The zero-order chi connectivity index (χ0) is 19.9. The van der Waals surface area contributed by atoms with Crippen molar-refractivity contribution in [3.63, 3.8) is 0 Å². The first-order valence-corrected chi connectivity index (χ1v) is 8.01. The number of nitrogens with zero attached hydrogens (tertiary/aromatic N) is 1. The van der Waals surface area contributed by atoms with Crippen molar-refractivity contribution in [3.05, 3.63) is 48.7 Å². The van der Waals surface area contributed by atoms with Gasteiger partial charge in [-0.3, -0.25) is 0 Å². The van der Waals surface area contributed by atoms with E-state index in [0.717, 1.165) is 24.6 Å². The van der Waals surface area contributed by atoms with Crippen LogP contribution in [0.5, 0.6) is 17.4 Å². The number of carboxylic acid groups (broad SMARTS) is 2. The van der Waals surface area contributed by atoms with Crippen LogP contribution in [-0.2, 0) is 9.59 Å². The number of methoxy groups -OCH3 is 1. The van der Waals surface area contributed by atoms with E-state index < -0.39 is 11.9 Å². The van der Waals surface area contributed by atoms with Gasteiger partial charge in [-0.2, -0.15) is 0 Å². The Morgan fingerprint density at radius 2 is 1.52 bits per heavy atom. The highest BCUT2D eigenvalue weighted by Crippen LogP contribution is 2.25. The van der Waals surface area contributed by atoms with Gasteiger partial charge in [0.05, 0.1) is 7.11 Å². The van der Waals surface area contributed by atoms with Crippen molar-refractivity contribution in [2.75, 3.05) is 33.4 Å². The molecule has 146 valence electrons. The smallest absolute Gasteiger partial charge is 0.414 e. The molecule has 0 aliphatic heterocycles. The van der Waals surface area contributed by atoms with Crippen LogP contribution in [0.25, 0.3) is 0 Å². The van der Waals surface area contributed by atoms with Crippen molar-refractivity contribution in [3.8, 4) is 17.4 Å². The third kappa shape index (κ3) is 9.66. The standard InChI is InChI=1S/C16H20N2O3.C2H2O4/c1-19-14-6-2-3-7-15(14)20-12-10-17-11-13-21-16-8-4-5-9-18-16;3-1(4)2(5)6/h2-9,17H,10-13H2,1H3;(H,3,4)(H,5,6). The Labute approximate surface area is 156 Å². The highest BCUT2D eigenvalue weighted by Gasteiger charge is 2.04. The van der Waals surface area contributed by atoms with Gasteiger partial charge >= 0.3 is 11.9 Å². The fourth-order valence-corrected chi connectivity index (χ4v) is 1.76. The number of benzene rings is 1. The minimum absolute atomic E-state index is 0.573. The molecule has 1 aromatic carbocycles. The zero-order valence-corrected chi connectivity index (χ0v) is 14.8. The topological polar surface area (TPSA) is 127 Å². The molecular weight excluding hydrogens is 356 g/mol. The molecule has 0 bridgehead atoms. The summed E-state index contributed by atoms with van der Waals surface area (Å²) in [4.78, 5) is 22.3. The van der Waals surface area contributed by atoms with Crippen LogP contribution in [0.2, 0.25) is 0 Å². The molecule has 0 unspecified atom stereocenters. The van der Waals surface area contributed by atoms with Crippen LogP contribution in [-0.4, -0.2) is 60.5 Å². The lowest BCUT2D eigenvalue weighted by Crippen LogP contribution is -2.26. The van der Waals surface area contributed by atoms with Crippen LogP contribution < -0.4 is 19.5 Å². The van der Waals surface area contributed by atoms with E-state index in [1.807, 2.05) is 42.5 Å². The lowest BCUT2D eigenvalue weighted by Gasteiger charge is -2.11. The van der Waals surface area contributed by atoms with Crippen molar-refractivity contribution in [1.82, 2.24) is 10.3 Å². The lowest BCUT2D eigenvalue weighted by molar-refractivity contribution is -0.159. The summed E-state index contributed by atoms with van der Waals surface area (Å²) in [7, 11) is 1.63. The van der Waals surface area contributed by atoms with Crippen LogP contribution in [0.4, 0.5) is 0 Å². The molecule has 0 saturated carbocycles. The van der Waals surface area contributed by atoms with Gasteiger partial charge in [0.25, 0.3) is 0 Å². The van der Waals surface area contributed by atoms with Gasteiger partial charge in [0.1, 0.15) is 13.2 Å². The summed E-state index contributed by atoms with van der Waals surface area (Å²) < 4.78 is 16.3. The average Bonchev–Trinajstić information content (AvgIpc) is 2.68. The third-order valence-corrected chi connectivity index (χ3v) is 2.95. The Bertz CT molecular complexity index is 683. The van der Waals surface area contributed by atoms with Crippen molar-refractivity contribution in [2.45, 2.75) is 0 Å². The van der Waals surface area contributed by atoms with Gasteiger partial charge in [0.2, 0.25) is 5.88 Å². The molecule has 0 amide bonds. The van der Waals surface area contributed by atoms with Crippen LogP contribution >= 0.6 is 0 Å². The van der Waals surface area contributed by atoms with E-state index in [0.29, 0.717) is 19.1 Å². The Balaban J connectivity index is 0.000000527. The molecule has 2 rings (SSSR count). The summed E-state index contributed by atoms with van der Waals surface area (Å²) in [6, 6.07) is 13.2. The number of para-hydroxylation sites is 2. The first-order valence-electron chi connectivity index (χ1n) is 8.01. The van der Waals surface area contributed by atoms with E-state index in [-0.39, 0.29) is 0 Å². The molecule has 0 fully saturated rings. The van der Waals surface area contributed by atoms with Crippen LogP contribution in [0.3, 0.4) is 0 Å². The highest BCUT2D eigenvalue weighted by atomic mass is 16.5. The second-order valence-corrected chi connectivity index (χ2v) is 4.88. The molecule has 9 nitrogen and oxygen atoms in total. The van der Waals surface area contributed by atoms with Gasteiger partial charge in [-0.05, 0) is 18.2 Å². The predicted octanol–water partition coefficient (Wildman–Crippen LogP) is 1.29. The molecule has 1 heterocycles. The van der Waals surface area contributed by atoms with E-state index in [1.165, 1.54) is 0 Å². The molecule has 2 aromatic rings. The van der Waals surface area contributed by atoms with Crippen LogP contribution in [0, 0.1) is 0 Å². The maximum absolute atomic E-state index is 9.10. The SMILES string of the molecule is COc1ccccc1OCCNCCOc1ccccn1.O=C(O)C(=O)O. The summed E-state index contributed by atoms with van der Waals surface area (Å²) >= 11 is 0. The number of pyridine rings is 1. The minimum Gasteiger partial charge on any atom is -0.493 e.